The second kappa shape index (κ2) is 12.4. The lowest BCUT2D eigenvalue weighted by atomic mass is 9.74. The lowest BCUT2D eigenvalue weighted by molar-refractivity contribution is -0.134. The van der Waals surface area contributed by atoms with Crippen LogP contribution in [0.2, 0.25) is 0 Å². The quantitative estimate of drug-likeness (QED) is 0.387. The largest absolute Gasteiger partial charge is 0.493 e. The number of carboxylic acid groups (broad SMARTS) is 2. The van der Waals surface area contributed by atoms with Gasteiger partial charge in [-0.25, -0.2) is 19.6 Å². The van der Waals surface area contributed by atoms with E-state index in [0.717, 1.165) is 46.8 Å². The number of fused-ring (bicyclic) bond motifs is 3. The lowest BCUT2D eigenvalue weighted by Gasteiger charge is -2.37. The van der Waals surface area contributed by atoms with Gasteiger partial charge in [0.1, 0.15) is 12.1 Å². The van der Waals surface area contributed by atoms with Gasteiger partial charge in [0, 0.05) is 47.8 Å². The van der Waals surface area contributed by atoms with Gasteiger partial charge < -0.3 is 24.8 Å². The zero-order valence-corrected chi connectivity index (χ0v) is 21.6. The Morgan fingerprint density at radius 1 is 1.13 bits per heavy atom. The fourth-order valence-electron chi connectivity index (χ4n) is 4.82. The molecule has 11 heteroatoms. The molecule has 1 saturated carbocycles. The number of methoxy groups -OCH3 is 1. The number of aliphatic carboxylic acids is 2. The Hall–Kier alpha value is -4.51. The number of ether oxygens (including phenoxy) is 2. The summed E-state index contributed by atoms with van der Waals surface area (Å²) in [7, 11) is 1.65. The smallest absolute Gasteiger partial charge is 0.328 e. The van der Waals surface area contributed by atoms with Gasteiger partial charge in [-0.2, -0.15) is 0 Å². The molecule has 1 aromatic carbocycles. The van der Waals surface area contributed by atoms with Crippen molar-refractivity contribution in [2.24, 2.45) is 4.99 Å². The van der Waals surface area contributed by atoms with E-state index in [1.165, 1.54) is 0 Å². The highest BCUT2D eigenvalue weighted by Crippen LogP contribution is 2.44. The van der Waals surface area contributed by atoms with Gasteiger partial charge >= 0.3 is 11.9 Å². The van der Waals surface area contributed by atoms with Gasteiger partial charge in [-0.05, 0) is 56.0 Å². The van der Waals surface area contributed by atoms with Crippen LogP contribution in [0.5, 0.6) is 11.5 Å². The Kier molecular flexibility index (Phi) is 8.72. The Balaban J connectivity index is 0.000000386. The van der Waals surface area contributed by atoms with E-state index in [4.69, 9.17) is 24.7 Å². The van der Waals surface area contributed by atoms with Crippen LogP contribution in [0.1, 0.15) is 48.8 Å². The first-order valence-electron chi connectivity index (χ1n) is 12.5. The number of carboxylic acids is 2. The molecule has 0 amide bonds. The molecular weight excluding hydrogens is 504 g/mol. The Morgan fingerprint density at radius 3 is 2.49 bits per heavy atom. The molecule has 5 rings (SSSR count). The fraction of sp³-hybridized carbons (Fsp3) is 0.321. The molecule has 2 aliphatic rings. The van der Waals surface area contributed by atoms with Crippen LogP contribution in [0.3, 0.4) is 0 Å². The van der Waals surface area contributed by atoms with Gasteiger partial charge in [-0.15, -0.1) is 0 Å². The number of aromatic nitrogens is 3. The highest BCUT2D eigenvalue weighted by atomic mass is 16.5. The first-order valence-corrected chi connectivity index (χ1v) is 12.5. The highest BCUT2D eigenvalue weighted by Gasteiger charge is 2.37. The van der Waals surface area contributed by atoms with Crippen molar-refractivity contribution in [3.05, 3.63) is 78.0 Å². The molecule has 39 heavy (non-hydrogen) atoms. The maximum Gasteiger partial charge on any atom is 0.328 e. The minimum atomic E-state index is -1.26. The lowest BCUT2D eigenvalue weighted by Crippen LogP contribution is -2.34. The Morgan fingerprint density at radius 2 is 1.90 bits per heavy atom. The first-order chi connectivity index (χ1) is 18.8. The van der Waals surface area contributed by atoms with Crippen molar-refractivity contribution in [1.29, 1.82) is 0 Å². The molecular formula is C28H30N4O7. The SMILES string of the molecule is CCOc1cc2c(cc1OC)C(c1ccc(-n3ccnc3)nc1)=N[C@@H]1CC[C@@H](O)C[C@H]21.O=C(O)/C=C/C(=O)O. The Labute approximate surface area is 225 Å². The molecule has 0 bridgehead atoms. The van der Waals surface area contributed by atoms with Gasteiger partial charge in [0.05, 0.1) is 31.6 Å². The first kappa shape index (κ1) is 27.5. The van der Waals surface area contributed by atoms with Crippen molar-refractivity contribution in [3.8, 4) is 17.3 Å². The number of aliphatic hydroxyl groups is 1. The minimum absolute atomic E-state index is 0.141. The van der Waals surface area contributed by atoms with Crippen LogP contribution in [0.4, 0.5) is 0 Å². The molecule has 1 fully saturated rings. The van der Waals surface area contributed by atoms with Crippen molar-refractivity contribution >= 4 is 17.7 Å². The van der Waals surface area contributed by atoms with E-state index >= 15 is 0 Å². The van der Waals surface area contributed by atoms with E-state index in [-0.39, 0.29) is 18.1 Å². The van der Waals surface area contributed by atoms with Crippen molar-refractivity contribution < 1.29 is 34.4 Å². The molecule has 0 unspecified atom stereocenters. The average Bonchev–Trinajstić information content (AvgIpc) is 3.47. The van der Waals surface area contributed by atoms with Crippen LogP contribution in [0.15, 0.2) is 66.3 Å². The van der Waals surface area contributed by atoms with Crippen LogP contribution >= 0.6 is 0 Å². The third kappa shape index (κ3) is 6.50. The van der Waals surface area contributed by atoms with Crippen LogP contribution in [0, 0.1) is 0 Å². The van der Waals surface area contributed by atoms with Crippen molar-refractivity contribution in [2.45, 2.75) is 44.2 Å². The number of imidazole rings is 1. The molecule has 0 spiro atoms. The number of benzene rings is 1. The second-order valence-corrected chi connectivity index (χ2v) is 9.03. The molecule has 0 radical (unpaired) electrons. The molecule has 1 aliphatic heterocycles. The summed E-state index contributed by atoms with van der Waals surface area (Å²) >= 11 is 0. The van der Waals surface area contributed by atoms with Crippen molar-refractivity contribution in [3.63, 3.8) is 0 Å². The molecule has 2 aromatic heterocycles. The van der Waals surface area contributed by atoms with E-state index < -0.39 is 11.9 Å². The Bertz CT molecular complexity index is 1350. The standard InChI is InChI=1S/C24H26N4O3.C4H4O4/c1-3-31-22-11-17-18-10-16(29)5-6-20(18)27-24(19(17)12-21(22)30-2)15-4-7-23(26-13-15)28-9-8-25-14-28;5-3(6)1-2-4(7)8/h4,7-9,11-14,16,18,20,29H,3,5-6,10H2,1-2H3;1-2H,(H,5,6)(H,7,8)/b;2-1+/t16-,18-,20-;/m1./s1. The highest BCUT2D eigenvalue weighted by molar-refractivity contribution is 6.14. The molecule has 3 heterocycles. The predicted octanol–water partition coefficient (Wildman–Crippen LogP) is 3.23. The van der Waals surface area contributed by atoms with Crippen LogP contribution in [0.25, 0.3) is 5.82 Å². The van der Waals surface area contributed by atoms with Gasteiger partial charge in [0.25, 0.3) is 0 Å². The maximum absolute atomic E-state index is 10.3. The number of aliphatic hydroxyl groups excluding tert-OH is 1. The monoisotopic (exact) mass is 534 g/mol. The second-order valence-electron chi connectivity index (χ2n) is 9.03. The van der Waals surface area contributed by atoms with Gasteiger partial charge in [0.15, 0.2) is 11.5 Å². The van der Waals surface area contributed by atoms with Crippen molar-refractivity contribution in [1.82, 2.24) is 14.5 Å². The maximum atomic E-state index is 10.3. The van der Waals surface area contributed by atoms with Crippen LogP contribution in [-0.4, -0.2) is 73.4 Å². The van der Waals surface area contributed by atoms with E-state index in [1.807, 2.05) is 42.1 Å². The van der Waals surface area contributed by atoms with Crippen LogP contribution in [-0.2, 0) is 9.59 Å². The molecule has 0 saturated heterocycles. The number of nitrogens with zero attached hydrogens (tertiary/aromatic N) is 4. The summed E-state index contributed by atoms with van der Waals surface area (Å²) in [4.78, 5) is 33.0. The summed E-state index contributed by atoms with van der Waals surface area (Å²) in [6.07, 6.45) is 10.4. The van der Waals surface area contributed by atoms with Crippen LogP contribution < -0.4 is 9.47 Å². The summed E-state index contributed by atoms with van der Waals surface area (Å²) < 4.78 is 13.3. The molecule has 11 nitrogen and oxygen atoms in total. The molecule has 3 atom stereocenters. The normalized spacial score (nSPS) is 19.7. The van der Waals surface area contributed by atoms with E-state index in [1.54, 1.807) is 19.6 Å². The zero-order valence-electron chi connectivity index (χ0n) is 21.6. The number of pyridine rings is 1. The fourth-order valence-corrected chi connectivity index (χ4v) is 4.82. The van der Waals surface area contributed by atoms with E-state index in [9.17, 15) is 14.7 Å². The number of hydrogen-bond donors (Lipinski definition) is 3. The summed E-state index contributed by atoms with van der Waals surface area (Å²) in [5.41, 5.74) is 4.06. The van der Waals surface area contributed by atoms with E-state index in [0.29, 0.717) is 30.9 Å². The summed E-state index contributed by atoms with van der Waals surface area (Å²) in [6, 6.07) is 8.25. The number of hydrogen-bond acceptors (Lipinski definition) is 8. The zero-order chi connectivity index (χ0) is 27.9. The molecule has 1 aliphatic carbocycles. The summed E-state index contributed by atoms with van der Waals surface area (Å²) in [5, 5.41) is 26.0. The summed E-state index contributed by atoms with van der Waals surface area (Å²) in [6.45, 7) is 2.53. The van der Waals surface area contributed by atoms with Gasteiger partial charge in [-0.1, -0.05) is 0 Å². The number of aliphatic imine (C=N–C) groups is 1. The number of carbonyl (C=O) groups is 2. The minimum Gasteiger partial charge on any atom is -0.493 e. The molecule has 3 N–H and O–H groups in total. The number of rotatable bonds is 7. The molecule has 3 aromatic rings. The van der Waals surface area contributed by atoms with Gasteiger partial charge in [0.2, 0.25) is 0 Å². The average molecular weight is 535 g/mol. The topological polar surface area (TPSA) is 156 Å². The third-order valence-corrected chi connectivity index (χ3v) is 6.53. The molecule has 204 valence electrons. The van der Waals surface area contributed by atoms with Crippen molar-refractivity contribution in [2.75, 3.05) is 13.7 Å². The third-order valence-electron chi connectivity index (χ3n) is 6.53. The predicted molar refractivity (Wildman–Crippen MR) is 142 cm³/mol. The van der Waals surface area contributed by atoms with E-state index in [2.05, 4.69) is 16.0 Å². The summed E-state index contributed by atoms with van der Waals surface area (Å²) in [5.74, 6) is -0.116. The van der Waals surface area contributed by atoms with Gasteiger partial charge in [-0.3, -0.25) is 9.56 Å².